The largest absolute Gasteiger partial charge is 0.497 e. The molecule has 21 heavy (non-hydrogen) atoms. The van der Waals surface area contributed by atoms with Crippen LogP contribution in [0.3, 0.4) is 0 Å². The minimum Gasteiger partial charge on any atom is -0.497 e. The molecular formula is C16H12BrNO3. The molecule has 5 heteroatoms. The average molecular weight is 346 g/mol. The third-order valence-corrected chi connectivity index (χ3v) is 3.68. The molecule has 1 heterocycles. The van der Waals surface area contributed by atoms with Gasteiger partial charge in [0.25, 0.3) is 0 Å². The molecule has 0 bridgehead atoms. The van der Waals surface area contributed by atoms with E-state index in [-0.39, 0.29) is 0 Å². The molecule has 0 fully saturated rings. The van der Waals surface area contributed by atoms with Crippen molar-refractivity contribution in [3.8, 4) is 17.1 Å². The molecule has 0 radical (unpaired) electrons. The lowest BCUT2D eigenvalue weighted by Gasteiger charge is -2.05. The summed E-state index contributed by atoms with van der Waals surface area (Å²) >= 11 is 3.40. The van der Waals surface area contributed by atoms with Crippen LogP contribution in [0.4, 0.5) is 0 Å². The number of benzene rings is 2. The van der Waals surface area contributed by atoms with Crippen LogP contribution in [0.5, 0.6) is 5.75 Å². The zero-order valence-electron chi connectivity index (χ0n) is 11.2. The van der Waals surface area contributed by atoms with Gasteiger partial charge in [0.05, 0.1) is 7.11 Å². The fraction of sp³-hybridized carbons (Fsp3) is 0.0625. The summed E-state index contributed by atoms with van der Waals surface area (Å²) in [5.74, 6) is 1.40. The van der Waals surface area contributed by atoms with Gasteiger partial charge < -0.3 is 14.4 Å². The van der Waals surface area contributed by atoms with E-state index in [1.165, 1.54) is 0 Å². The molecular weight excluding hydrogens is 334 g/mol. The maximum atomic E-state index is 9.23. The van der Waals surface area contributed by atoms with Crippen LogP contribution in [0.25, 0.3) is 22.3 Å². The Bertz CT molecular complexity index is 854. The topological polar surface area (TPSA) is 55.0 Å². The minimum absolute atomic E-state index is 0.461. The van der Waals surface area contributed by atoms with Crippen LogP contribution in [-0.4, -0.2) is 12.3 Å². The first-order chi connectivity index (χ1) is 10.2. The molecule has 4 nitrogen and oxygen atoms in total. The zero-order chi connectivity index (χ0) is 14.8. The van der Waals surface area contributed by atoms with Gasteiger partial charge in [-0.2, -0.15) is 0 Å². The molecule has 0 saturated carbocycles. The maximum absolute atomic E-state index is 9.23. The van der Waals surface area contributed by atoms with Crippen molar-refractivity contribution < 1.29 is 14.4 Å². The van der Waals surface area contributed by atoms with E-state index in [0.29, 0.717) is 16.7 Å². The molecule has 106 valence electrons. The quantitative estimate of drug-likeness (QED) is 0.560. The number of nitrogens with zero attached hydrogens (tertiary/aromatic N) is 1. The molecule has 0 aliphatic rings. The second-order valence-electron chi connectivity index (χ2n) is 4.46. The first kappa shape index (κ1) is 13.7. The Hall–Kier alpha value is -2.27. The molecule has 1 N–H and O–H groups in total. The maximum Gasteiger partial charge on any atom is 0.137 e. The van der Waals surface area contributed by atoms with Gasteiger partial charge >= 0.3 is 0 Å². The van der Waals surface area contributed by atoms with E-state index < -0.39 is 0 Å². The molecule has 0 saturated heterocycles. The van der Waals surface area contributed by atoms with Crippen molar-refractivity contribution in [1.82, 2.24) is 0 Å². The highest BCUT2D eigenvalue weighted by atomic mass is 79.9. The van der Waals surface area contributed by atoms with Crippen molar-refractivity contribution in [1.29, 1.82) is 0 Å². The van der Waals surface area contributed by atoms with Gasteiger partial charge in [-0.15, -0.1) is 0 Å². The van der Waals surface area contributed by atoms with Crippen molar-refractivity contribution in [3.63, 3.8) is 0 Å². The van der Waals surface area contributed by atoms with E-state index in [4.69, 9.17) is 9.15 Å². The van der Waals surface area contributed by atoms with Crippen molar-refractivity contribution in [2.75, 3.05) is 7.11 Å². The van der Waals surface area contributed by atoms with Crippen molar-refractivity contribution in [3.05, 3.63) is 58.4 Å². The first-order valence-electron chi connectivity index (χ1n) is 6.27. The number of methoxy groups -OCH3 is 1. The van der Waals surface area contributed by atoms with E-state index in [0.717, 1.165) is 21.2 Å². The fourth-order valence-electron chi connectivity index (χ4n) is 2.12. The van der Waals surface area contributed by atoms with Gasteiger partial charge in [0.1, 0.15) is 22.5 Å². The van der Waals surface area contributed by atoms with Crippen LogP contribution in [0.15, 0.2) is 62.6 Å². The Morgan fingerprint density at radius 1 is 1.10 bits per heavy atom. The van der Waals surface area contributed by atoms with Crippen LogP contribution in [0.2, 0.25) is 0 Å². The van der Waals surface area contributed by atoms with E-state index >= 15 is 0 Å². The van der Waals surface area contributed by atoms with Gasteiger partial charge in [-0.3, -0.25) is 0 Å². The highest BCUT2D eigenvalue weighted by Crippen LogP contribution is 2.25. The Morgan fingerprint density at radius 2 is 1.86 bits per heavy atom. The minimum atomic E-state index is 0.461. The summed E-state index contributed by atoms with van der Waals surface area (Å²) in [5.41, 5.74) is 1.53. The Kier molecular flexibility index (Phi) is 3.66. The molecule has 2 aromatic carbocycles. The summed E-state index contributed by atoms with van der Waals surface area (Å²) in [6, 6.07) is 14.8. The number of rotatable bonds is 2. The third-order valence-electron chi connectivity index (χ3n) is 3.19. The van der Waals surface area contributed by atoms with Gasteiger partial charge in [0, 0.05) is 21.5 Å². The lowest BCUT2D eigenvalue weighted by Crippen LogP contribution is -2.03. The second kappa shape index (κ2) is 5.61. The van der Waals surface area contributed by atoms with Crippen molar-refractivity contribution in [2.24, 2.45) is 5.16 Å². The van der Waals surface area contributed by atoms with Gasteiger partial charge in [-0.1, -0.05) is 21.1 Å². The number of halogens is 1. The van der Waals surface area contributed by atoms with Crippen molar-refractivity contribution >= 4 is 26.9 Å². The molecule has 0 spiro atoms. The molecule has 1 aromatic heterocycles. The van der Waals surface area contributed by atoms with E-state index in [1.807, 2.05) is 42.5 Å². The predicted octanol–water partition coefficient (Wildman–Crippen LogP) is 4.16. The Morgan fingerprint density at radius 3 is 2.52 bits per heavy atom. The van der Waals surface area contributed by atoms with Gasteiger partial charge in [0.15, 0.2) is 0 Å². The van der Waals surface area contributed by atoms with E-state index in [2.05, 4.69) is 21.1 Å². The molecule has 0 aliphatic heterocycles. The molecule has 3 rings (SSSR count). The number of fused-ring (bicyclic) bond motifs is 1. The number of hydrogen-bond acceptors (Lipinski definition) is 4. The molecule has 0 unspecified atom stereocenters. The van der Waals surface area contributed by atoms with Crippen LogP contribution in [0.1, 0.15) is 0 Å². The summed E-state index contributed by atoms with van der Waals surface area (Å²) in [5, 5.41) is 13.8. The second-order valence-corrected chi connectivity index (χ2v) is 5.38. The highest BCUT2D eigenvalue weighted by molar-refractivity contribution is 9.10. The van der Waals surface area contributed by atoms with Gasteiger partial charge in [0.2, 0.25) is 0 Å². The van der Waals surface area contributed by atoms with Crippen LogP contribution in [-0.2, 0) is 0 Å². The summed E-state index contributed by atoms with van der Waals surface area (Å²) in [6.07, 6.45) is 0. The fourth-order valence-corrected chi connectivity index (χ4v) is 2.48. The summed E-state index contributed by atoms with van der Waals surface area (Å²) in [4.78, 5) is 0. The Balaban J connectivity index is 2.21. The van der Waals surface area contributed by atoms with E-state index in [1.54, 1.807) is 13.2 Å². The van der Waals surface area contributed by atoms with Crippen LogP contribution >= 0.6 is 15.9 Å². The number of hydrogen-bond donors (Lipinski definition) is 1. The average Bonchev–Trinajstić information content (AvgIpc) is 2.54. The lowest BCUT2D eigenvalue weighted by molar-refractivity contribution is 0.302. The summed E-state index contributed by atoms with van der Waals surface area (Å²) < 4.78 is 11.9. The Labute approximate surface area is 129 Å². The molecule has 0 aliphatic carbocycles. The smallest absolute Gasteiger partial charge is 0.137 e. The van der Waals surface area contributed by atoms with Gasteiger partial charge in [-0.05, 0) is 42.5 Å². The SMILES string of the molecule is COc1ccc(-c2cc(=NO)c3cc(Br)ccc3o2)cc1. The first-order valence-corrected chi connectivity index (χ1v) is 7.06. The molecule has 0 atom stereocenters. The summed E-state index contributed by atoms with van der Waals surface area (Å²) in [7, 11) is 1.62. The number of ether oxygens (including phenoxy) is 1. The normalized spacial score (nSPS) is 11.8. The third kappa shape index (κ3) is 2.64. The van der Waals surface area contributed by atoms with Crippen molar-refractivity contribution in [2.45, 2.75) is 0 Å². The van der Waals surface area contributed by atoms with E-state index in [9.17, 15) is 5.21 Å². The predicted molar refractivity (Wildman–Crippen MR) is 83.3 cm³/mol. The monoisotopic (exact) mass is 345 g/mol. The van der Waals surface area contributed by atoms with Crippen LogP contribution < -0.4 is 10.1 Å². The molecule has 0 amide bonds. The molecule has 3 aromatic rings. The highest BCUT2D eigenvalue weighted by Gasteiger charge is 2.07. The lowest BCUT2D eigenvalue weighted by atomic mass is 10.1. The zero-order valence-corrected chi connectivity index (χ0v) is 12.8. The van der Waals surface area contributed by atoms with Crippen LogP contribution in [0, 0.1) is 0 Å². The van der Waals surface area contributed by atoms with Gasteiger partial charge in [-0.25, -0.2) is 0 Å². The standard InChI is InChI=1S/C16H12BrNO3/c1-20-12-5-2-10(3-6-12)16-9-14(18-19)13-8-11(17)4-7-15(13)21-16/h2-9,19H,1H3. The summed E-state index contributed by atoms with van der Waals surface area (Å²) in [6.45, 7) is 0.